The summed E-state index contributed by atoms with van der Waals surface area (Å²) >= 11 is 0. The van der Waals surface area contributed by atoms with Gasteiger partial charge in [0.1, 0.15) is 5.75 Å². The molecule has 0 amide bonds. The van der Waals surface area contributed by atoms with Crippen molar-refractivity contribution >= 4 is 11.9 Å². The van der Waals surface area contributed by atoms with E-state index in [1.54, 1.807) is 13.2 Å². The molecule has 1 radical (unpaired) electrons. The minimum Gasteiger partial charge on any atom is -0.497 e. The maximum atomic E-state index is 10.5. The molecule has 1 aromatic rings. The fourth-order valence-electron chi connectivity index (χ4n) is 0.904. The van der Waals surface area contributed by atoms with Crippen LogP contribution in [0.25, 0.3) is 6.08 Å². The first kappa shape index (κ1) is 9.52. The number of ether oxygens (including phenoxy) is 1. The fourth-order valence-corrected chi connectivity index (χ4v) is 0.904. The van der Waals surface area contributed by atoms with Crippen LogP contribution in [0, 0.1) is 6.92 Å². The van der Waals surface area contributed by atoms with Crippen LogP contribution in [0.15, 0.2) is 30.3 Å². The van der Waals surface area contributed by atoms with Crippen molar-refractivity contribution in [1.29, 1.82) is 0 Å². The van der Waals surface area contributed by atoms with E-state index in [2.05, 4.69) is 6.92 Å². The highest BCUT2D eigenvalue weighted by atomic mass is 16.5. The predicted octanol–water partition coefficient (Wildman–Crippen LogP) is 2.11. The van der Waals surface area contributed by atoms with E-state index in [-0.39, 0.29) is 5.78 Å². The van der Waals surface area contributed by atoms with Crippen LogP contribution < -0.4 is 4.74 Å². The summed E-state index contributed by atoms with van der Waals surface area (Å²) in [6, 6.07) is 7.43. The Morgan fingerprint density at radius 3 is 2.46 bits per heavy atom. The third-order valence-corrected chi connectivity index (χ3v) is 1.58. The van der Waals surface area contributed by atoms with Gasteiger partial charge in [-0.1, -0.05) is 18.2 Å². The number of hydrogen-bond donors (Lipinski definition) is 0. The Balaban J connectivity index is 2.75. The number of methoxy groups -OCH3 is 1. The molecule has 0 atom stereocenters. The van der Waals surface area contributed by atoms with E-state index in [0.717, 1.165) is 11.3 Å². The lowest BCUT2D eigenvalue weighted by atomic mass is 10.2. The normalized spacial score (nSPS) is 10.3. The SMILES string of the molecule is [CH2]C(=O)C=Cc1ccc(OC)cc1. The van der Waals surface area contributed by atoms with E-state index in [1.165, 1.54) is 6.08 Å². The summed E-state index contributed by atoms with van der Waals surface area (Å²) < 4.78 is 4.99. The van der Waals surface area contributed by atoms with Gasteiger partial charge < -0.3 is 4.74 Å². The summed E-state index contributed by atoms with van der Waals surface area (Å²) in [7, 11) is 1.62. The zero-order chi connectivity index (χ0) is 9.68. The van der Waals surface area contributed by atoms with Gasteiger partial charge in [0.15, 0.2) is 5.78 Å². The van der Waals surface area contributed by atoms with Crippen molar-refractivity contribution in [3.63, 3.8) is 0 Å². The summed E-state index contributed by atoms with van der Waals surface area (Å²) in [6.07, 6.45) is 3.15. The van der Waals surface area contributed by atoms with E-state index in [1.807, 2.05) is 24.3 Å². The van der Waals surface area contributed by atoms with Gasteiger partial charge in [0, 0.05) is 6.92 Å². The molecular weight excluding hydrogens is 164 g/mol. The molecule has 0 N–H and O–H groups in total. The molecule has 0 aliphatic rings. The summed E-state index contributed by atoms with van der Waals surface area (Å²) in [5.74, 6) is 0.605. The average molecular weight is 175 g/mol. The molecule has 0 saturated heterocycles. The number of carbonyl (C=O) groups is 1. The van der Waals surface area contributed by atoms with Crippen LogP contribution in [0.3, 0.4) is 0 Å². The fraction of sp³-hybridized carbons (Fsp3) is 0.0909. The van der Waals surface area contributed by atoms with Gasteiger partial charge in [-0.2, -0.15) is 0 Å². The Kier molecular flexibility index (Phi) is 3.26. The highest BCUT2D eigenvalue weighted by molar-refractivity contribution is 5.96. The zero-order valence-electron chi connectivity index (χ0n) is 7.49. The van der Waals surface area contributed by atoms with Crippen molar-refractivity contribution in [3.05, 3.63) is 42.8 Å². The second-order valence-electron chi connectivity index (χ2n) is 2.57. The molecule has 1 aromatic carbocycles. The van der Waals surface area contributed by atoms with Crippen LogP contribution in [0.4, 0.5) is 0 Å². The summed E-state index contributed by atoms with van der Waals surface area (Å²) in [5.41, 5.74) is 0.956. The molecule has 67 valence electrons. The van der Waals surface area contributed by atoms with Gasteiger partial charge in [-0.05, 0) is 23.8 Å². The van der Waals surface area contributed by atoms with Gasteiger partial charge in [0.25, 0.3) is 0 Å². The first-order chi connectivity index (χ1) is 6.22. The van der Waals surface area contributed by atoms with Gasteiger partial charge in [-0.25, -0.2) is 0 Å². The number of allylic oxidation sites excluding steroid dienone is 1. The molecule has 0 aromatic heterocycles. The second kappa shape index (κ2) is 4.45. The van der Waals surface area contributed by atoms with Gasteiger partial charge >= 0.3 is 0 Å². The Labute approximate surface area is 77.8 Å². The predicted molar refractivity (Wildman–Crippen MR) is 52.4 cm³/mol. The van der Waals surface area contributed by atoms with Crippen molar-refractivity contribution < 1.29 is 9.53 Å². The summed E-state index contributed by atoms with van der Waals surface area (Å²) in [4.78, 5) is 10.5. The molecule has 0 bridgehead atoms. The minimum atomic E-state index is -0.198. The molecule has 0 aliphatic carbocycles. The van der Waals surface area contributed by atoms with Gasteiger partial charge in [0.2, 0.25) is 0 Å². The highest BCUT2D eigenvalue weighted by Crippen LogP contribution is 2.11. The molecule has 0 spiro atoms. The van der Waals surface area contributed by atoms with Crippen LogP contribution in [0.1, 0.15) is 5.56 Å². The molecule has 0 aliphatic heterocycles. The zero-order valence-corrected chi connectivity index (χ0v) is 7.49. The lowest BCUT2D eigenvalue weighted by molar-refractivity contribution is -0.110. The lowest BCUT2D eigenvalue weighted by Gasteiger charge is -1.98. The molecule has 2 heteroatoms. The summed E-state index contributed by atoms with van der Waals surface area (Å²) in [5, 5.41) is 0. The van der Waals surface area contributed by atoms with Crippen LogP contribution in [0.5, 0.6) is 5.75 Å². The number of ketones is 1. The maximum Gasteiger partial charge on any atom is 0.156 e. The average Bonchev–Trinajstić information content (AvgIpc) is 2.15. The number of hydrogen-bond acceptors (Lipinski definition) is 2. The monoisotopic (exact) mass is 175 g/mol. The molecule has 0 saturated carbocycles. The first-order valence-corrected chi connectivity index (χ1v) is 3.90. The summed E-state index contributed by atoms with van der Waals surface area (Å²) in [6.45, 7) is 3.24. The van der Waals surface area contributed by atoms with Crippen molar-refractivity contribution in [2.75, 3.05) is 7.11 Å². The van der Waals surface area contributed by atoms with Crippen molar-refractivity contribution in [1.82, 2.24) is 0 Å². The smallest absolute Gasteiger partial charge is 0.156 e. The minimum absolute atomic E-state index is 0.198. The molecule has 0 fully saturated rings. The molecular formula is C11H11O2. The Morgan fingerprint density at radius 1 is 1.38 bits per heavy atom. The number of benzene rings is 1. The Morgan fingerprint density at radius 2 is 2.00 bits per heavy atom. The van der Waals surface area contributed by atoms with Gasteiger partial charge in [-0.15, -0.1) is 0 Å². The van der Waals surface area contributed by atoms with Crippen molar-refractivity contribution in [2.24, 2.45) is 0 Å². The van der Waals surface area contributed by atoms with E-state index in [0.29, 0.717) is 0 Å². The third-order valence-electron chi connectivity index (χ3n) is 1.58. The van der Waals surface area contributed by atoms with Crippen LogP contribution in [-0.4, -0.2) is 12.9 Å². The third kappa shape index (κ3) is 3.11. The van der Waals surface area contributed by atoms with E-state index in [9.17, 15) is 4.79 Å². The highest BCUT2D eigenvalue weighted by Gasteiger charge is 1.90. The van der Waals surface area contributed by atoms with Crippen LogP contribution in [-0.2, 0) is 4.79 Å². The maximum absolute atomic E-state index is 10.5. The molecule has 0 heterocycles. The van der Waals surface area contributed by atoms with Crippen molar-refractivity contribution in [3.8, 4) is 5.75 Å². The van der Waals surface area contributed by atoms with E-state index >= 15 is 0 Å². The molecule has 0 unspecified atom stereocenters. The Hall–Kier alpha value is -1.57. The van der Waals surface area contributed by atoms with Crippen molar-refractivity contribution in [2.45, 2.75) is 0 Å². The van der Waals surface area contributed by atoms with Gasteiger partial charge in [0.05, 0.1) is 7.11 Å². The molecule has 2 nitrogen and oxygen atoms in total. The second-order valence-corrected chi connectivity index (χ2v) is 2.57. The van der Waals surface area contributed by atoms with E-state index < -0.39 is 0 Å². The van der Waals surface area contributed by atoms with E-state index in [4.69, 9.17) is 4.74 Å². The van der Waals surface area contributed by atoms with Crippen LogP contribution in [0.2, 0.25) is 0 Å². The Bertz CT molecular complexity index is 309. The molecule has 1 rings (SSSR count). The van der Waals surface area contributed by atoms with Crippen LogP contribution >= 0.6 is 0 Å². The lowest BCUT2D eigenvalue weighted by Crippen LogP contribution is -1.83. The molecule has 13 heavy (non-hydrogen) atoms. The quantitative estimate of drug-likeness (QED) is 0.658. The van der Waals surface area contributed by atoms with Gasteiger partial charge in [-0.3, -0.25) is 4.79 Å². The standard InChI is InChI=1S/C11H11O2/c1-9(12)3-4-10-5-7-11(13-2)8-6-10/h3-8H,1H2,2H3. The largest absolute Gasteiger partial charge is 0.497 e. The number of rotatable bonds is 3. The first-order valence-electron chi connectivity index (χ1n) is 3.90. The topological polar surface area (TPSA) is 26.3 Å². The number of carbonyl (C=O) groups excluding carboxylic acids is 1.